The predicted molar refractivity (Wildman–Crippen MR) is 64.7 cm³/mol. The van der Waals surface area contributed by atoms with Crippen LogP contribution in [-0.2, 0) is 15.8 Å². The summed E-state index contributed by atoms with van der Waals surface area (Å²) >= 11 is -2.02. The number of aryl methyl sites for hydroxylation is 1. The van der Waals surface area contributed by atoms with Gasteiger partial charge in [-0.25, -0.2) is 4.21 Å². The van der Waals surface area contributed by atoms with Gasteiger partial charge in [0.1, 0.15) is 16.7 Å². The molecule has 0 radical (unpaired) electrons. The van der Waals surface area contributed by atoms with Gasteiger partial charge in [0.05, 0.1) is 6.61 Å². The first-order valence-electron chi connectivity index (χ1n) is 5.63. The van der Waals surface area contributed by atoms with Crippen molar-refractivity contribution in [3.8, 4) is 5.75 Å². The Morgan fingerprint density at radius 2 is 2.35 bits per heavy atom. The highest BCUT2D eigenvalue weighted by atomic mass is 32.2. The van der Waals surface area contributed by atoms with E-state index in [0.29, 0.717) is 17.3 Å². The molecule has 1 unspecified atom stereocenters. The fourth-order valence-corrected chi connectivity index (χ4v) is 2.30. The maximum absolute atomic E-state index is 11.2. The number of hydrogen-bond acceptors (Lipinski definition) is 3. The quantitative estimate of drug-likeness (QED) is 0.842. The minimum Gasteiger partial charge on any atom is -0.487 e. The average Bonchev–Trinajstić information content (AvgIpc) is 2.30. The maximum Gasteiger partial charge on any atom is 0.190 e. The van der Waals surface area contributed by atoms with Crippen molar-refractivity contribution in [2.75, 3.05) is 13.2 Å². The third kappa shape index (κ3) is 3.28. The Hall–Kier alpha value is -0.910. The molecule has 1 N–H and O–H groups in total. The summed E-state index contributed by atoms with van der Waals surface area (Å²) < 4.78 is 31.4. The normalized spacial score (nSPS) is 22.1. The second-order valence-corrected chi connectivity index (χ2v) is 5.09. The van der Waals surface area contributed by atoms with Crippen LogP contribution in [0.25, 0.3) is 0 Å². The summed E-state index contributed by atoms with van der Waals surface area (Å²) in [5, 5.41) is 0. The summed E-state index contributed by atoms with van der Waals surface area (Å²) in [6.07, 6.45) is 1.87. The van der Waals surface area contributed by atoms with Gasteiger partial charge in [-0.3, -0.25) is 0 Å². The van der Waals surface area contributed by atoms with E-state index in [9.17, 15) is 8.76 Å². The second-order valence-electron chi connectivity index (χ2n) is 4.16. The largest absolute Gasteiger partial charge is 0.487 e. The zero-order valence-corrected chi connectivity index (χ0v) is 10.5. The van der Waals surface area contributed by atoms with Gasteiger partial charge in [-0.1, -0.05) is 6.07 Å². The lowest BCUT2D eigenvalue weighted by atomic mass is 10.1. The molecule has 0 bridgehead atoms. The fourth-order valence-electron chi connectivity index (χ4n) is 1.84. The highest BCUT2D eigenvalue weighted by Crippen LogP contribution is 2.25. The van der Waals surface area contributed by atoms with E-state index in [0.717, 1.165) is 25.0 Å². The van der Waals surface area contributed by atoms with Crippen LogP contribution in [0.2, 0.25) is 0 Å². The van der Waals surface area contributed by atoms with Crippen molar-refractivity contribution in [1.29, 1.82) is 0 Å². The van der Waals surface area contributed by atoms with Crippen LogP contribution in [-0.4, -0.2) is 28.1 Å². The Kier molecular flexibility index (Phi) is 4.15. The third-order valence-corrected chi connectivity index (χ3v) is 3.41. The van der Waals surface area contributed by atoms with Gasteiger partial charge >= 0.3 is 0 Å². The van der Waals surface area contributed by atoms with Gasteiger partial charge in [0.15, 0.2) is 11.1 Å². The predicted octanol–water partition coefficient (Wildman–Crippen LogP) is 2.13. The molecule has 2 rings (SSSR count). The van der Waals surface area contributed by atoms with E-state index in [-0.39, 0.29) is 6.10 Å². The highest BCUT2D eigenvalue weighted by molar-refractivity contribution is 7.79. The number of rotatable bonds is 3. The second kappa shape index (κ2) is 5.62. The van der Waals surface area contributed by atoms with Gasteiger partial charge in [-0.05, 0) is 37.5 Å². The monoisotopic (exact) mass is 256 g/mol. The van der Waals surface area contributed by atoms with E-state index in [1.807, 2.05) is 6.92 Å². The lowest BCUT2D eigenvalue weighted by molar-refractivity contribution is 0.00617. The molecule has 1 aliphatic heterocycles. The minimum absolute atomic E-state index is 0.0205. The Bertz CT molecular complexity index is 413. The molecule has 1 saturated heterocycles. The highest BCUT2D eigenvalue weighted by Gasteiger charge is 2.18. The Morgan fingerprint density at radius 3 is 3.00 bits per heavy atom. The fraction of sp³-hybridized carbons (Fsp3) is 0.500. The van der Waals surface area contributed by atoms with Crippen LogP contribution in [0.3, 0.4) is 0 Å². The van der Waals surface area contributed by atoms with E-state index in [4.69, 9.17) is 9.47 Å². The minimum atomic E-state index is -2.02. The zero-order valence-electron chi connectivity index (χ0n) is 9.72. The molecule has 0 aliphatic carbocycles. The first kappa shape index (κ1) is 12.5. The Balaban J connectivity index is 2.17. The Morgan fingerprint density at radius 1 is 1.53 bits per heavy atom. The zero-order chi connectivity index (χ0) is 12.3. The van der Waals surface area contributed by atoms with Crippen molar-refractivity contribution in [3.05, 3.63) is 23.8 Å². The van der Waals surface area contributed by atoms with E-state index in [1.165, 1.54) is 0 Å². The first-order chi connectivity index (χ1) is 8.16. The molecular formula is C12H16O4S. The molecule has 17 heavy (non-hydrogen) atoms. The summed E-state index contributed by atoms with van der Waals surface area (Å²) in [6.45, 7) is 3.24. The van der Waals surface area contributed by atoms with Gasteiger partial charge in [-0.2, -0.15) is 0 Å². The van der Waals surface area contributed by atoms with Crippen molar-refractivity contribution in [2.24, 2.45) is 0 Å². The molecule has 0 amide bonds. The van der Waals surface area contributed by atoms with Gasteiger partial charge < -0.3 is 14.0 Å². The summed E-state index contributed by atoms with van der Waals surface area (Å²) in [5.41, 5.74) is 1.01. The van der Waals surface area contributed by atoms with E-state index >= 15 is 0 Å². The van der Waals surface area contributed by atoms with E-state index in [2.05, 4.69) is 0 Å². The van der Waals surface area contributed by atoms with Gasteiger partial charge in [0.25, 0.3) is 0 Å². The third-order valence-electron chi connectivity index (χ3n) is 2.70. The van der Waals surface area contributed by atoms with Crippen LogP contribution in [0.4, 0.5) is 0 Å². The standard InChI is InChI=1S/C12H16O4S/c1-9-4-5-12(17(13)14)11(7-9)16-10-3-2-6-15-8-10/h4-5,7,10H,2-3,6,8H2,1H3,(H,13,14)/t10-/m1/s1. The van der Waals surface area contributed by atoms with Crippen LogP contribution >= 0.6 is 0 Å². The van der Waals surface area contributed by atoms with Gasteiger partial charge in [0.2, 0.25) is 0 Å². The molecule has 1 aliphatic rings. The molecule has 0 saturated carbocycles. The van der Waals surface area contributed by atoms with Crippen LogP contribution in [0.1, 0.15) is 18.4 Å². The summed E-state index contributed by atoms with van der Waals surface area (Å²) in [4.78, 5) is 0.321. The summed E-state index contributed by atoms with van der Waals surface area (Å²) in [7, 11) is 0. The number of benzene rings is 1. The lowest BCUT2D eigenvalue weighted by Gasteiger charge is -2.24. The molecule has 1 aromatic rings. The van der Waals surface area contributed by atoms with Crippen LogP contribution < -0.4 is 4.74 Å². The van der Waals surface area contributed by atoms with Gasteiger partial charge in [0, 0.05) is 6.61 Å². The maximum atomic E-state index is 11.2. The van der Waals surface area contributed by atoms with Gasteiger partial charge in [-0.15, -0.1) is 0 Å². The van der Waals surface area contributed by atoms with Crippen molar-refractivity contribution < 1.29 is 18.2 Å². The first-order valence-corrected chi connectivity index (χ1v) is 6.73. The molecule has 0 aromatic heterocycles. The topological polar surface area (TPSA) is 55.8 Å². The summed E-state index contributed by atoms with van der Waals surface area (Å²) in [5.74, 6) is 0.487. The van der Waals surface area contributed by atoms with Crippen LogP contribution in [0, 0.1) is 6.92 Å². The molecule has 94 valence electrons. The molecule has 2 atom stereocenters. The van der Waals surface area contributed by atoms with Crippen molar-refractivity contribution in [3.63, 3.8) is 0 Å². The lowest BCUT2D eigenvalue weighted by Crippen LogP contribution is -2.28. The molecular weight excluding hydrogens is 240 g/mol. The SMILES string of the molecule is Cc1ccc(S(=O)O)c(O[C@@H]2CCCOC2)c1. The molecule has 1 aromatic carbocycles. The average molecular weight is 256 g/mol. The van der Waals surface area contributed by atoms with E-state index in [1.54, 1.807) is 18.2 Å². The number of ether oxygens (including phenoxy) is 2. The molecule has 5 heteroatoms. The van der Waals surface area contributed by atoms with Crippen molar-refractivity contribution in [1.82, 2.24) is 0 Å². The van der Waals surface area contributed by atoms with Crippen molar-refractivity contribution in [2.45, 2.75) is 30.8 Å². The Labute approximate surface area is 103 Å². The molecule has 0 spiro atoms. The van der Waals surface area contributed by atoms with E-state index < -0.39 is 11.1 Å². The van der Waals surface area contributed by atoms with Crippen molar-refractivity contribution >= 4 is 11.1 Å². The number of hydrogen-bond donors (Lipinski definition) is 1. The van der Waals surface area contributed by atoms with Crippen LogP contribution in [0.15, 0.2) is 23.1 Å². The van der Waals surface area contributed by atoms with Crippen LogP contribution in [0.5, 0.6) is 5.75 Å². The molecule has 4 nitrogen and oxygen atoms in total. The molecule has 1 fully saturated rings. The smallest absolute Gasteiger partial charge is 0.190 e. The molecule has 1 heterocycles. The summed E-state index contributed by atoms with van der Waals surface area (Å²) in [6, 6.07) is 5.22.